The number of hydrogen-bond donors (Lipinski definition) is 1. The van der Waals surface area contributed by atoms with Gasteiger partial charge >= 0.3 is 15.6 Å². The molecule has 0 radical (unpaired) electrons. The number of anilines is 1. The van der Waals surface area contributed by atoms with E-state index in [2.05, 4.69) is 14.5 Å². The van der Waals surface area contributed by atoms with Crippen molar-refractivity contribution in [2.45, 2.75) is 59.0 Å². The van der Waals surface area contributed by atoms with Crippen molar-refractivity contribution in [3.05, 3.63) is 85.4 Å². The molecule has 0 aliphatic heterocycles. The lowest BCUT2D eigenvalue weighted by molar-refractivity contribution is -0.0500. The Hall–Kier alpha value is -3.90. The number of rotatable bonds is 8. The van der Waals surface area contributed by atoms with Crippen LogP contribution < -0.4 is 14.9 Å². The van der Waals surface area contributed by atoms with Gasteiger partial charge in [0, 0.05) is 22.6 Å². The molecule has 1 unspecified atom stereocenters. The lowest BCUT2D eigenvalue weighted by atomic mass is 9.97. The average molecular weight is 637 g/mol. The predicted molar refractivity (Wildman–Crippen MR) is 158 cm³/mol. The van der Waals surface area contributed by atoms with Crippen LogP contribution in [-0.4, -0.2) is 25.2 Å². The summed E-state index contributed by atoms with van der Waals surface area (Å²) < 4.78 is 72.7. The number of pyridine rings is 1. The second kappa shape index (κ2) is 11.6. The molecule has 4 aromatic rings. The molecule has 8 nitrogen and oxygen atoms in total. The quantitative estimate of drug-likeness (QED) is 0.0902. The highest BCUT2D eigenvalue weighted by Crippen LogP contribution is 2.38. The van der Waals surface area contributed by atoms with E-state index in [1.165, 1.54) is 19.1 Å². The molecule has 2 aromatic carbocycles. The van der Waals surface area contributed by atoms with Crippen LogP contribution in [0.15, 0.2) is 45.6 Å². The van der Waals surface area contributed by atoms with Crippen molar-refractivity contribution in [1.82, 2.24) is 4.98 Å². The summed E-state index contributed by atoms with van der Waals surface area (Å²) in [6, 6.07) is 8.86. The van der Waals surface area contributed by atoms with Gasteiger partial charge in [0.1, 0.15) is 16.5 Å². The molecule has 1 atom stereocenters. The molecule has 0 aliphatic carbocycles. The number of carbonyl (C=O) groups excluding carboxylic acids is 1. The van der Waals surface area contributed by atoms with E-state index in [-0.39, 0.29) is 39.6 Å². The molecular formula is C30H28ClF3N2O6S. The lowest BCUT2D eigenvalue weighted by Crippen LogP contribution is -2.28. The van der Waals surface area contributed by atoms with Gasteiger partial charge in [0.05, 0.1) is 28.4 Å². The number of benzene rings is 2. The number of aldehydes is 1. The van der Waals surface area contributed by atoms with Gasteiger partial charge in [-0.25, -0.2) is 4.98 Å². The minimum atomic E-state index is -6.02. The first-order valence-corrected chi connectivity index (χ1v) is 14.9. The van der Waals surface area contributed by atoms with Gasteiger partial charge < -0.3 is 13.9 Å². The van der Waals surface area contributed by atoms with E-state index in [1.54, 1.807) is 19.1 Å². The molecule has 228 valence electrons. The molecule has 0 aliphatic rings. The van der Waals surface area contributed by atoms with Gasteiger partial charge in [-0.2, -0.15) is 21.6 Å². The third kappa shape index (κ3) is 6.25. The van der Waals surface area contributed by atoms with Gasteiger partial charge in [-0.3, -0.25) is 9.59 Å². The van der Waals surface area contributed by atoms with E-state index in [1.807, 2.05) is 33.8 Å². The molecule has 0 bridgehead atoms. The van der Waals surface area contributed by atoms with Gasteiger partial charge in [0.25, 0.3) is 0 Å². The summed E-state index contributed by atoms with van der Waals surface area (Å²) in [6.45, 7) is 10.6. The Labute approximate surface area is 251 Å². The van der Waals surface area contributed by atoms with Gasteiger partial charge in [0.15, 0.2) is 17.5 Å². The molecule has 0 fully saturated rings. The Bertz CT molecular complexity index is 1920. The lowest BCUT2D eigenvalue weighted by Gasteiger charge is -2.21. The highest BCUT2D eigenvalue weighted by Gasteiger charge is 2.49. The Kier molecular flexibility index (Phi) is 8.67. The van der Waals surface area contributed by atoms with E-state index in [0.29, 0.717) is 33.5 Å². The van der Waals surface area contributed by atoms with Gasteiger partial charge in [-0.1, -0.05) is 31.5 Å². The Morgan fingerprint density at radius 2 is 1.74 bits per heavy atom. The summed E-state index contributed by atoms with van der Waals surface area (Å²) in [7, 11) is -6.02. The van der Waals surface area contributed by atoms with Crippen LogP contribution in [0.1, 0.15) is 71.1 Å². The Balaban J connectivity index is 1.83. The van der Waals surface area contributed by atoms with E-state index in [9.17, 15) is 31.2 Å². The van der Waals surface area contributed by atoms with Crippen LogP contribution in [0, 0.1) is 20.8 Å². The first-order valence-electron chi connectivity index (χ1n) is 13.1. The number of hydrogen-bond acceptors (Lipinski definition) is 8. The minimum Gasteiger partial charge on any atom is -0.460 e. The number of nitrogens with one attached hydrogen (secondary N) is 1. The van der Waals surface area contributed by atoms with Gasteiger partial charge in [-0.15, -0.1) is 0 Å². The molecule has 1 N–H and O–H groups in total. The number of halogens is 4. The molecule has 0 saturated carbocycles. The predicted octanol–water partition coefficient (Wildman–Crippen LogP) is 7.77. The standard InChI is InChI=1S/C30H28ClF3N2O6S/c1-14(2)27-17(5)26(38)22-10-15(3)9-21(29(22)41-27)18(6)35-23-7-8-24(31)36-25(23)19-11-16(4)28(20(12-19)13-37)42-43(39,40)30(32,33)34/h7-14,18,35H,1-6H3. The summed E-state index contributed by atoms with van der Waals surface area (Å²) in [5.41, 5.74) is -2.89. The minimum absolute atomic E-state index is 0.0325. The molecule has 13 heteroatoms. The molecule has 0 spiro atoms. The zero-order chi connectivity index (χ0) is 32.0. The summed E-state index contributed by atoms with van der Waals surface area (Å²) in [6.07, 6.45) is 0.188. The normalized spacial score (nSPS) is 12.9. The fourth-order valence-corrected chi connectivity index (χ4v) is 5.52. The van der Waals surface area contributed by atoms with Gasteiger partial charge in [-0.05, 0) is 69.2 Å². The number of aryl methyl sites for hydroxylation is 2. The SMILES string of the molecule is Cc1cc(C(C)Nc2ccc(Cl)nc2-c2cc(C)c(OS(=O)(=O)C(F)(F)F)c(C=O)c2)c2oc(C(C)C)c(C)c(=O)c2c1. The second-order valence-electron chi connectivity index (χ2n) is 10.5. The molecule has 0 amide bonds. The van der Waals surface area contributed by atoms with Crippen LogP contribution in [0.2, 0.25) is 5.15 Å². The largest absolute Gasteiger partial charge is 0.534 e. The summed E-state index contributed by atoms with van der Waals surface area (Å²) in [5, 5.41) is 3.86. The molecular weight excluding hydrogens is 609 g/mol. The van der Waals surface area contributed by atoms with Crippen LogP contribution >= 0.6 is 11.6 Å². The molecule has 4 rings (SSSR count). The third-order valence-electron chi connectivity index (χ3n) is 6.83. The number of alkyl halides is 3. The maximum absolute atomic E-state index is 13.2. The van der Waals surface area contributed by atoms with Crippen LogP contribution in [0.3, 0.4) is 0 Å². The Morgan fingerprint density at radius 3 is 2.35 bits per heavy atom. The van der Waals surface area contributed by atoms with Crippen molar-refractivity contribution in [2.75, 3.05) is 5.32 Å². The highest BCUT2D eigenvalue weighted by atomic mass is 35.5. The molecule has 2 heterocycles. The topological polar surface area (TPSA) is 116 Å². The number of fused-ring (bicyclic) bond motifs is 1. The fraction of sp³-hybridized carbons (Fsp3) is 0.300. The van der Waals surface area contributed by atoms with E-state index in [0.717, 1.165) is 11.6 Å². The summed E-state index contributed by atoms with van der Waals surface area (Å²) in [5.74, 6) is -0.205. The number of aromatic nitrogens is 1. The zero-order valence-electron chi connectivity index (χ0n) is 24.0. The van der Waals surface area contributed by atoms with E-state index in [4.69, 9.17) is 16.0 Å². The summed E-state index contributed by atoms with van der Waals surface area (Å²) >= 11 is 6.19. The van der Waals surface area contributed by atoms with Gasteiger partial charge in [0.2, 0.25) is 0 Å². The van der Waals surface area contributed by atoms with Crippen molar-refractivity contribution in [1.29, 1.82) is 0 Å². The average Bonchev–Trinajstić information content (AvgIpc) is 2.91. The van der Waals surface area contributed by atoms with Crippen LogP contribution in [-0.2, 0) is 10.1 Å². The third-order valence-corrected chi connectivity index (χ3v) is 8.00. The van der Waals surface area contributed by atoms with Crippen LogP contribution in [0.25, 0.3) is 22.2 Å². The van der Waals surface area contributed by atoms with Crippen molar-refractivity contribution < 1.29 is 35.0 Å². The number of carbonyl (C=O) groups is 1. The first-order chi connectivity index (χ1) is 19.9. The smallest absolute Gasteiger partial charge is 0.460 e. The summed E-state index contributed by atoms with van der Waals surface area (Å²) in [4.78, 5) is 29.4. The van der Waals surface area contributed by atoms with Crippen LogP contribution in [0.5, 0.6) is 5.75 Å². The Morgan fingerprint density at radius 1 is 1.07 bits per heavy atom. The van der Waals surface area contributed by atoms with Crippen molar-refractivity contribution in [3.63, 3.8) is 0 Å². The highest BCUT2D eigenvalue weighted by molar-refractivity contribution is 7.88. The zero-order valence-corrected chi connectivity index (χ0v) is 25.6. The van der Waals surface area contributed by atoms with E-state index >= 15 is 0 Å². The molecule has 43 heavy (non-hydrogen) atoms. The fourth-order valence-electron chi connectivity index (χ4n) is 4.84. The molecule has 0 saturated heterocycles. The number of nitrogens with zero attached hydrogens (tertiary/aromatic N) is 1. The monoisotopic (exact) mass is 636 g/mol. The van der Waals surface area contributed by atoms with E-state index < -0.39 is 33.0 Å². The van der Waals surface area contributed by atoms with Crippen molar-refractivity contribution in [2.24, 2.45) is 0 Å². The van der Waals surface area contributed by atoms with Crippen LogP contribution in [0.4, 0.5) is 18.9 Å². The molecule has 2 aromatic heterocycles. The van der Waals surface area contributed by atoms with Crippen molar-refractivity contribution >= 4 is 44.7 Å². The first kappa shape index (κ1) is 32.0. The maximum Gasteiger partial charge on any atom is 0.534 e. The second-order valence-corrected chi connectivity index (χ2v) is 12.4. The van der Waals surface area contributed by atoms with Crippen molar-refractivity contribution in [3.8, 4) is 17.0 Å². The maximum atomic E-state index is 13.2.